The van der Waals surface area contributed by atoms with E-state index in [2.05, 4.69) is 65.3 Å². The molecule has 1 amide bonds. The first kappa shape index (κ1) is 35.2. The van der Waals surface area contributed by atoms with Crippen molar-refractivity contribution in [3.8, 4) is 28.9 Å². The van der Waals surface area contributed by atoms with Gasteiger partial charge in [-0.2, -0.15) is 0 Å². The minimum absolute atomic E-state index is 0.0303. The number of piperazine rings is 1. The molecule has 0 saturated carbocycles. The molecule has 5 aromatic rings. The van der Waals surface area contributed by atoms with E-state index in [1.165, 1.54) is 16.7 Å². The SMILES string of the molecule is COc1ccc(OCCc2ccc(CN3CCN(C(=O)C=Cc4ccc(Oc5ccc(OCc6ccc(C)cc6)cn5)c(C)c4)CC3)cc2)cc1. The number of pyridine rings is 1. The van der Waals surface area contributed by atoms with Gasteiger partial charge in [0.15, 0.2) is 0 Å². The number of benzene rings is 4. The zero-order valence-corrected chi connectivity index (χ0v) is 29.6. The molecule has 262 valence electrons. The number of aromatic nitrogens is 1. The molecule has 0 atom stereocenters. The predicted octanol–water partition coefficient (Wildman–Crippen LogP) is 8.06. The number of hydrogen-bond acceptors (Lipinski definition) is 7. The number of amides is 1. The summed E-state index contributed by atoms with van der Waals surface area (Å²) in [5.74, 6) is 3.57. The van der Waals surface area contributed by atoms with Crippen molar-refractivity contribution < 1.29 is 23.7 Å². The molecule has 51 heavy (non-hydrogen) atoms. The van der Waals surface area contributed by atoms with Gasteiger partial charge in [-0.3, -0.25) is 9.69 Å². The number of aryl methyl sites for hydroxylation is 2. The number of carbonyl (C=O) groups is 1. The van der Waals surface area contributed by atoms with Gasteiger partial charge in [0.2, 0.25) is 11.8 Å². The van der Waals surface area contributed by atoms with Crippen molar-refractivity contribution in [3.05, 3.63) is 149 Å². The molecular weight excluding hydrogens is 638 g/mol. The third-order valence-electron chi connectivity index (χ3n) is 8.90. The normalized spacial score (nSPS) is 13.3. The van der Waals surface area contributed by atoms with Crippen LogP contribution in [-0.2, 0) is 24.4 Å². The van der Waals surface area contributed by atoms with Gasteiger partial charge in [-0.15, -0.1) is 0 Å². The van der Waals surface area contributed by atoms with Gasteiger partial charge < -0.3 is 23.8 Å². The van der Waals surface area contributed by atoms with Crippen molar-refractivity contribution in [2.75, 3.05) is 39.9 Å². The van der Waals surface area contributed by atoms with E-state index < -0.39 is 0 Å². The standard InChI is InChI=1S/C43H45N3O5/c1-32-4-6-37(7-5-32)31-50-40-18-20-42(44-29-40)51-41-19-12-35(28-33(41)2)13-21-43(47)46-25-23-45(24-26-46)30-36-10-8-34(9-11-36)22-27-49-39-16-14-38(48-3)15-17-39/h4-21,28-29H,22-27,30-31H2,1-3H3. The molecule has 0 spiro atoms. The lowest BCUT2D eigenvalue weighted by Gasteiger charge is -2.34. The zero-order valence-electron chi connectivity index (χ0n) is 29.6. The monoisotopic (exact) mass is 683 g/mol. The molecule has 4 aromatic carbocycles. The van der Waals surface area contributed by atoms with E-state index in [9.17, 15) is 4.79 Å². The van der Waals surface area contributed by atoms with Gasteiger partial charge in [0, 0.05) is 51.3 Å². The lowest BCUT2D eigenvalue weighted by atomic mass is 10.1. The van der Waals surface area contributed by atoms with Crippen LogP contribution in [0.25, 0.3) is 6.08 Å². The Morgan fingerprint density at radius 2 is 1.43 bits per heavy atom. The third kappa shape index (κ3) is 10.4. The van der Waals surface area contributed by atoms with Crippen LogP contribution < -0.4 is 18.9 Å². The topological polar surface area (TPSA) is 73.4 Å². The molecule has 8 nitrogen and oxygen atoms in total. The van der Waals surface area contributed by atoms with Crippen molar-refractivity contribution in [1.82, 2.24) is 14.8 Å². The van der Waals surface area contributed by atoms with E-state index in [1.54, 1.807) is 25.4 Å². The molecule has 8 heteroatoms. The summed E-state index contributed by atoms with van der Waals surface area (Å²) in [6.07, 6.45) is 6.05. The molecule has 0 bridgehead atoms. The summed E-state index contributed by atoms with van der Waals surface area (Å²) in [5.41, 5.74) is 6.74. The first-order chi connectivity index (χ1) is 24.9. The van der Waals surface area contributed by atoms with Crippen LogP contribution in [0.2, 0.25) is 0 Å². The van der Waals surface area contributed by atoms with Crippen molar-refractivity contribution >= 4 is 12.0 Å². The minimum Gasteiger partial charge on any atom is -0.497 e. The van der Waals surface area contributed by atoms with Gasteiger partial charge in [-0.05, 0) is 90.2 Å². The highest BCUT2D eigenvalue weighted by molar-refractivity contribution is 5.91. The molecule has 1 fully saturated rings. The van der Waals surface area contributed by atoms with Crippen LogP contribution in [0.3, 0.4) is 0 Å². The summed E-state index contributed by atoms with van der Waals surface area (Å²) in [6, 6.07) is 34.2. The molecule has 1 aromatic heterocycles. The van der Waals surface area contributed by atoms with Gasteiger partial charge in [0.25, 0.3) is 0 Å². The van der Waals surface area contributed by atoms with Gasteiger partial charge in [0.1, 0.15) is 29.6 Å². The van der Waals surface area contributed by atoms with E-state index in [4.69, 9.17) is 18.9 Å². The summed E-state index contributed by atoms with van der Waals surface area (Å²) in [6.45, 7) is 9.12. The Morgan fingerprint density at radius 1 is 0.745 bits per heavy atom. The highest BCUT2D eigenvalue weighted by Crippen LogP contribution is 2.26. The largest absolute Gasteiger partial charge is 0.497 e. The average Bonchev–Trinajstić information content (AvgIpc) is 3.16. The fourth-order valence-electron chi connectivity index (χ4n) is 5.79. The molecule has 1 aliphatic heterocycles. The summed E-state index contributed by atoms with van der Waals surface area (Å²) >= 11 is 0. The average molecular weight is 684 g/mol. The maximum Gasteiger partial charge on any atom is 0.246 e. The van der Waals surface area contributed by atoms with Crippen molar-refractivity contribution in [1.29, 1.82) is 0 Å². The van der Waals surface area contributed by atoms with Crippen LogP contribution in [0.15, 0.2) is 115 Å². The quantitative estimate of drug-likeness (QED) is 0.110. The molecule has 0 aliphatic carbocycles. The fraction of sp³-hybridized carbons (Fsp3) is 0.256. The van der Waals surface area contributed by atoms with Crippen LogP contribution >= 0.6 is 0 Å². The first-order valence-corrected chi connectivity index (χ1v) is 17.4. The molecule has 1 aliphatic rings. The lowest BCUT2D eigenvalue weighted by molar-refractivity contribution is -0.127. The van der Waals surface area contributed by atoms with E-state index in [0.717, 1.165) is 54.2 Å². The van der Waals surface area contributed by atoms with Crippen LogP contribution in [-0.4, -0.2) is 60.6 Å². The van der Waals surface area contributed by atoms with E-state index >= 15 is 0 Å². The van der Waals surface area contributed by atoms with E-state index in [0.29, 0.717) is 43.7 Å². The Morgan fingerprint density at radius 3 is 2.12 bits per heavy atom. The lowest BCUT2D eigenvalue weighted by Crippen LogP contribution is -2.47. The predicted molar refractivity (Wildman–Crippen MR) is 201 cm³/mol. The van der Waals surface area contributed by atoms with Gasteiger partial charge in [-0.25, -0.2) is 4.98 Å². The van der Waals surface area contributed by atoms with Crippen LogP contribution in [0.1, 0.15) is 33.4 Å². The third-order valence-corrected chi connectivity index (χ3v) is 8.90. The number of nitrogens with zero attached hydrogens (tertiary/aromatic N) is 3. The van der Waals surface area contributed by atoms with Crippen molar-refractivity contribution in [2.24, 2.45) is 0 Å². The summed E-state index contributed by atoms with van der Waals surface area (Å²) in [5, 5.41) is 0. The smallest absolute Gasteiger partial charge is 0.246 e. The number of rotatable bonds is 14. The number of carbonyl (C=O) groups excluding carboxylic acids is 1. The highest BCUT2D eigenvalue weighted by atomic mass is 16.5. The molecule has 0 unspecified atom stereocenters. The summed E-state index contributed by atoms with van der Waals surface area (Å²) in [7, 11) is 1.66. The molecule has 0 radical (unpaired) electrons. The zero-order chi connectivity index (χ0) is 35.4. The Bertz CT molecular complexity index is 1880. The Kier molecular flexibility index (Phi) is 12.0. The Hall–Kier alpha value is -5.60. The van der Waals surface area contributed by atoms with Gasteiger partial charge in [-0.1, -0.05) is 60.2 Å². The number of ether oxygens (including phenoxy) is 4. The van der Waals surface area contributed by atoms with Crippen LogP contribution in [0.4, 0.5) is 0 Å². The number of hydrogen-bond donors (Lipinski definition) is 0. The van der Waals surface area contributed by atoms with E-state index in [1.807, 2.05) is 66.4 Å². The van der Waals surface area contributed by atoms with Gasteiger partial charge in [0.05, 0.1) is 19.9 Å². The van der Waals surface area contributed by atoms with Crippen molar-refractivity contribution in [3.63, 3.8) is 0 Å². The van der Waals surface area contributed by atoms with Crippen LogP contribution in [0.5, 0.6) is 28.9 Å². The molecular formula is C43H45N3O5. The second kappa shape index (κ2) is 17.4. The molecule has 2 heterocycles. The van der Waals surface area contributed by atoms with Crippen LogP contribution in [0, 0.1) is 13.8 Å². The minimum atomic E-state index is 0.0303. The maximum absolute atomic E-state index is 13.0. The van der Waals surface area contributed by atoms with Crippen molar-refractivity contribution in [2.45, 2.75) is 33.4 Å². The first-order valence-electron chi connectivity index (χ1n) is 17.4. The Balaban J connectivity index is 0.905. The Labute approximate surface area is 300 Å². The van der Waals surface area contributed by atoms with Gasteiger partial charge >= 0.3 is 0 Å². The maximum atomic E-state index is 13.0. The molecule has 6 rings (SSSR count). The highest BCUT2D eigenvalue weighted by Gasteiger charge is 2.19. The number of methoxy groups -OCH3 is 1. The van der Waals surface area contributed by atoms with E-state index in [-0.39, 0.29) is 5.91 Å². The summed E-state index contributed by atoms with van der Waals surface area (Å²) < 4.78 is 23.0. The molecule has 1 saturated heterocycles. The molecule has 0 N–H and O–H groups in total. The second-order valence-electron chi connectivity index (χ2n) is 12.8. The second-order valence-corrected chi connectivity index (χ2v) is 12.8. The fourth-order valence-corrected chi connectivity index (χ4v) is 5.79. The summed E-state index contributed by atoms with van der Waals surface area (Å²) in [4.78, 5) is 21.7.